The zero-order valence-electron chi connectivity index (χ0n) is 8.48. The van der Waals surface area contributed by atoms with Gasteiger partial charge >= 0.3 is 0 Å². The molecule has 0 aliphatic carbocycles. The van der Waals surface area contributed by atoms with Crippen LogP contribution in [0.1, 0.15) is 23.3 Å². The van der Waals surface area contributed by atoms with Crippen LogP contribution < -0.4 is 5.32 Å². The molecule has 0 unspecified atom stereocenters. The van der Waals surface area contributed by atoms with E-state index in [1.54, 1.807) is 24.4 Å². The molecule has 1 N–H and O–H groups in total. The first-order chi connectivity index (χ1) is 7.36. The van der Waals surface area contributed by atoms with Crippen molar-refractivity contribution >= 4 is 5.91 Å². The fourth-order valence-corrected chi connectivity index (χ4v) is 1.60. The number of carbonyl (C=O) groups is 1. The maximum Gasteiger partial charge on any atom is 0.269 e. The predicted octanol–water partition coefficient (Wildman–Crippen LogP) is 0.990. The van der Waals surface area contributed by atoms with E-state index in [0.717, 1.165) is 19.4 Å². The molecule has 1 saturated heterocycles. The smallest absolute Gasteiger partial charge is 0.269 e. The molecular weight excluding hydrogens is 192 g/mol. The highest BCUT2D eigenvalue weighted by molar-refractivity contribution is 5.92. The molecule has 0 saturated carbocycles. The van der Waals surface area contributed by atoms with E-state index in [0.29, 0.717) is 12.2 Å². The van der Waals surface area contributed by atoms with Gasteiger partial charge in [-0.05, 0) is 25.0 Å². The molecule has 1 aliphatic rings. The van der Waals surface area contributed by atoms with E-state index in [2.05, 4.69) is 10.3 Å². The normalized spacial score (nSPS) is 20.1. The lowest BCUT2D eigenvalue weighted by atomic mass is 10.2. The Bertz CT molecular complexity index is 321. The number of nitrogens with one attached hydrogen (secondary N) is 1. The van der Waals surface area contributed by atoms with Gasteiger partial charge in [-0.2, -0.15) is 0 Å². The lowest BCUT2D eigenvalue weighted by Gasteiger charge is -2.09. The maximum atomic E-state index is 11.6. The monoisotopic (exact) mass is 206 g/mol. The van der Waals surface area contributed by atoms with Crippen molar-refractivity contribution in [2.45, 2.75) is 18.9 Å². The summed E-state index contributed by atoms with van der Waals surface area (Å²) in [4.78, 5) is 15.5. The molecule has 0 radical (unpaired) electrons. The lowest BCUT2D eigenvalue weighted by Crippen LogP contribution is -2.32. The van der Waals surface area contributed by atoms with E-state index < -0.39 is 0 Å². The van der Waals surface area contributed by atoms with E-state index in [1.807, 2.05) is 0 Å². The summed E-state index contributed by atoms with van der Waals surface area (Å²) in [7, 11) is 0. The molecule has 4 nitrogen and oxygen atoms in total. The molecule has 2 rings (SSSR count). The summed E-state index contributed by atoms with van der Waals surface area (Å²) in [5.74, 6) is -0.133. The van der Waals surface area contributed by atoms with Crippen LogP contribution in [-0.2, 0) is 4.74 Å². The average molecular weight is 206 g/mol. The number of hydrogen-bond acceptors (Lipinski definition) is 3. The molecule has 2 heterocycles. The summed E-state index contributed by atoms with van der Waals surface area (Å²) < 4.78 is 5.40. The van der Waals surface area contributed by atoms with Crippen molar-refractivity contribution in [2.75, 3.05) is 13.2 Å². The van der Waals surface area contributed by atoms with Crippen molar-refractivity contribution in [3.05, 3.63) is 30.1 Å². The predicted molar refractivity (Wildman–Crippen MR) is 55.5 cm³/mol. The fourth-order valence-electron chi connectivity index (χ4n) is 1.60. The van der Waals surface area contributed by atoms with Gasteiger partial charge in [-0.15, -0.1) is 0 Å². The third kappa shape index (κ3) is 2.76. The molecule has 0 spiro atoms. The highest BCUT2D eigenvalue weighted by atomic mass is 16.5. The Hall–Kier alpha value is -1.42. The number of amides is 1. The number of hydrogen-bond donors (Lipinski definition) is 1. The number of ether oxygens (including phenoxy) is 1. The van der Waals surface area contributed by atoms with Crippen molar-refractivity contribution in [3.8, 4) is 0 Å². The Morgan fingerprint density at radius 2 is 2.53 bits per heavy atom. The minimum Gasteiger partial charge on any atom is -0.376 e. The quantitative estimate of drug-likeness (QED) is 0.802. The molecule has 1 fully saturated rings. The van der Waals surface area contributed by atoms with Crippen LogP contribution in [0.2, 0.25) is 0 Å². The maximum absolute atomic E-state index is 11.6. The molecular formula is C11H14N2O2. The van der Waals surface area contributed by atoms with Gasteiger partial charge in [0.2, 0.25) is 0 Å². The second-order valence-corrected chi connectivity index (χ2v) is 3.56. The van der Waals surface area contributed by atoms with Crippen LogP contribution in [0, 0.1) is 0 Å². The Balaban J connectivity index is 1.82. The molecule has 15 heavy (non-hydrogen) atoms. The first-order valence-electron chi connectivity index (χ1n) is 5.17. The summed E-state index contributed by atoms with van der Waals surface area (Å²) >= 11 is 0. The third-order valence-electron chi connectivity index (χ3n) is 2.41. The molecule has 1 amide bonds. The van der Waals surface area contributed by atoms with Crippen LogP contribution in [-0.4, -0.2) is 30.1 Å². The van der Waals surface area contributed by atoms with Gasteiger partial charge in [-0.3, -0.25) is 9.78 Å². The van der Waals surface area contributed by atoms with E-state index >= 15 is 0 Å². The van der Waals surface area contributed by atoms with Gasteiger partial charge < -0.3 is 10.1 Å². The largest absolute Gasteiger partial charge is 0.376 e. The van der Waals surface area contributed by atoms with Gasteiger partial charge in [0.05, 0.1) is 6.10 Å². The summed E-state index contributed by atoms with van der Waals surface area (Å²) in [5.41, 5.74) is 0.454. The van der Waals surface area contributed by atoms with Gasteiger partial charge in [0, 0.05) is 19.3 Å². The topological polar surface area (TPSA) is 51.2 Å². The Morgan fingerprint density at radius 1 is 1.60 bits per heavy atom. The van der Waals surface area contributed by atoms with Crippen LogP contribution in [0.3, 0.4) is 0 Å². The number of pyridine rings is 1. The fraction of sp³-hybridized carbons (Fsp3) is 0.455. The Morgan fingerprint density at radius 3 is 3.20 bits per heavy atom. The zero-order valence-corrected chi connectivity index (χ0v) is 8.48. The number of aromatic nitrogens is 1. The minimum atomic E-state index is -0.133. The van der Waals surface area contributed by atoms with Gasteiger partial charge in [-0.25, -0.2) is 0 Å². The molecule has 1 aliphatic heterocycles. The van der Waals surface area contributed by atoms with Crippen molar-refractivity contribution in [1.29, 1.82) is 0 Å². The summed E-state index contributed by atoms with van der Waals surface area (Å²) in [6.07, 6.45) is 3.91. The number of rotatable bonds is 3. The second-order valence-electron chi connectivity index (χ2n) is 3.56. The van der Waals surface area contributed by atoms with Crippen LogP contribution in [0.4, 0.5) is 0 Å². The third-order valence-corrected chi connectivity index (χ3v) is 2.41. The highest BCUT2D eigenvalue weighted by Crippen LogP contribution is 2.10. The molecule has 1 aromatic heterocycles. The van der Waals surface area contributed by atoms with Crippen LogP contribution in [0.5, 0.6) is 0 Å². The minimum absolute atomic E-state index is 0.133. The van der Waals surface area contributed by atoms with E-state index in [1.165, 1.54) is 0 Å². The highest BCUT2D eigenvalue weighted by Gasteiger charge is 2.16. The van der Waals surface area contributed by atoms with Gasteiger partial charge in [-0.1, -0.05) is 6.07 Å². The van der Waals surface area contributed by atoms with Crippen molar-refractivity contribution in [2.24, 2.45) is 0 Å². The van der Waals surface area contributed by atoms with E-state index in [9.17, 15) is 4.79 Å². The number of carbonyl (C=O) groups excluding carboxylic acids is 1. The van der Waals surface area contributed by atoms with Gasteiger partial charge in [0.15, 0.2) is 0 Å². The van der Waals surface area contributed by atoms with Crippen molar-refractivity contribution < 1.29 is 9.53 Å². The van der Waals surface area contributed by atoms with Crippen LogP contribution in [0.25, 0.3) is 0 Å². The first-order valence-corrected chi connectivity index (χ1v) is 5.17. The Labute approximate surface area is 88.7 Å². The van der Waals surface area contributed by atoms with E-state index in [-0.39, 0.29) is 12.0 Å². The van der Waals surface area contributed by atoms with Gasteiger partial charge in [0.25, 0.3) is 5.91 Å². The first kappa shape index (κ1) is 10.1. The standard InChI is InChI=1S/C11H14N2O2/c14-11(10-5-1-2-6-12-10)13-8-9-4-3-7-15-9/h1-2,5-6,9H,3-4,7-8H2,(H,13,14)/t9-/m1/s1. The molecule has 0 bridgehead atoms. The second kappa shape index (κ2) is 4.89. The SMILES string of the molecule is O=C(NC[C@H]1CCCO1)c1ccccn1. The summed E-state index contributed by atoms with van der Waals surface area (Å²) in [5, 5.41) is 2.81. The number of nitrogens with zero attached hydrogens (tertiary/aromatic N) is 1. The van der Waals surface area contributed by atoms with Crippen molar-refractivity contribution in [3.63, 3.8) is 0 Å². The molecule has 0 aromatic carbocycles. The average Bonchev–Trinajstić information content (AvgIpc) is 2.80. The molecule has 4 heteroatoms. The molecule has 1 atom stereocenters. The van der Waals surface area contributed by atoms with E-state index in [4.69, 9.17) is 4.74 Å². The lowest BCUT2D eigenvalue weighted by molar-refractivity contribution is 0.0853. The van der Waals surface area contributed by atoms with Gasteiger partial charge in [0.1, 0.15) is 5.69 Å². The molecule has 80 valence electrons. The van der Waals surface area contributed by atoms with Crippen molar-refractivity contribution in [1.82, 2.24) is 10.3 Å². The zero-order chi connectivity index (χ0) is 10.5. The van der Waals surface area contributed by atoms with Crippen LogP contribution >= 0.6 is 0 Å². The molecule has 1 aromatic rings. The summed E-state index contributed by atoms with van der Waals surface area (Å²) in [6.45, 7) is 1.39. The summed E-state index contributed by atoms with van der Waals surface area (Å²) in [6, 6.07) is 5.29. The van der Waals surface area contributed by atoms with Crippen LogP contribution in [0.15, 0.2) is 24.4 Å². The Kier molecular flexibility index (Phi) is 3.29.